The average molecular weight is 338 g/mol. The molecule has 0 aromatic carbocycles. The number of aromatic amines is 1. The van der Waals surface area contributed by atoms with E-state index in [0.29, 0.717) is 0 Å². The summed E-state index contributed by atoms with van der Waals surface area (Å²) in [5.41, 5.74) is -1.49. The Balaban J connectivity index is 2.24. The molecular weight excluding hydrogens is 323 g/mol. The maximum Gasteiger partial charge on any atom is 0.469 e. The Morgan fingerprint density at radius 3 is 2.59 bits per heavy atom. The van der Waals surface area contributed by atoms with Gasteiger partial charge in [-0.05, 0) is 0 Å². The largest absolute Gasteiger partial charge is 0.469 e. The van der Waals surface area contributed by atoms with Gasteiger partial charge in [0.15, 0.2) is 0 Å². The van der Waals surface area contributed by atoms with Crippen LogP contribution >= 0.6 is 7.82 Å². The van der Waals surface area contributed by atoms with Crippen molar-refractivity contribution in [2.24, 2.45) is 7.05 Å². The Kier molecular flexibility index (Phi) is 4.68. The number of aliphatic hydroxyl groups excluding tert-OH is 2. The van der Waals surface area contributed by atoms with Crippen LogP contribution in [-0.4, -0.2) is 54.5 Å². The predicted molar refractivity (Wildman–Crippen MR) is 69.9 cm³/mol. The second-order valence-corrected chi connectivity index (χ2v) is 6.02. The molecule has 1 aliphatic heterocycles. The van der Waals surface area contributed by atoms with Crippen molar-refractivity contribution in [3.8, 4) is 0 Å². The number of phosphoric acid groups is 1. The Bertz CT molecular complexity index is 707. The van der Waals surface area contributed by atoms with Crippen LogP contribution in [0.3, 0.4) is 0 Å². The summed E-state index contributed by atoms with van der Waals surface area (Å²) >= 11 is 0. The van der Waals surface area contributed by atoms with Gasteiger partial charge in [-0.15, -0.1) is 0 Å². The van der Waals surface area contributed by atoms with Gasteiger partial charge in [-0.2, -0.15) is 0 Å². The molecule has 0 bridgehead atoms. The van der Waals surface area contributed by atoms with E-state index in [1.165, 1.54) is 7.05 Å². The molecule has 12 heteroatoms. The standard InChI is InChI=1S/C10H15N2O9P/c1-12-9(15)4(2-11-10(12)16)8-7(14)6(13)5(21-8)3-20-22(17,18)19/h2,5-8,13-14H,3H2,1H3,(H,11,16)(H2,17,18,19)/t5?,6?,7-,8+/m1/s1. The highest BCUT2D eigenvalue weighted by atomic mass is 31.2. The third-order valence-electron chi connectivity index (χ3n) is 3.28. The summed E-state index contributed by atoms with van der Waals surface area (Å²) in [6.45, 7) is -0.678. The van der Waals surface area contributed by atoms with Crippen molar-refractivity contribution in [2.75, 3.05) is 6.61 Å². The minimum absolute atomic E-state index is 0.104. The summed E-state index contributed by atoms with van der Waals surface area (Å²) in [6, 6.07) is 0. The van der Waals surface area contributed by atoms with Crippen LogP contribution in [0, 0.1) is 0 Å². The van der Waals surface area contributed by atoms with E-state index in [9.17, 15) is 24.4 Å². The van der Waals surface area contributed by atoms with Crippen LogP contribution in [0.25, 0.3) is 0 Å². The monoisotopic (exact) mass is 338 g/mol. The zero-order valence-electron chi connectivity index (χ0n) is 11.3. The highest BCUT2D eigenvalue weighted by molar-refractivity contribution is 7.46. The highest BCUT2D eigenvalue weighted by Crippen LogP contribution is 2.38. The van der Waals surface area contributed by atoms with Crippen molar-refractivity contribution in [3.05, 3.63) is 32.6 Å². The Hall–Kier alpha value is -1.33. The second kappa shape index (κ2) is 6.05. The molecule has 2 rings (SSSR count). The van der Waals surface area contributed by atoms with Crippen LogP contribution in [0.5, 0.6) is 0 Å². The number of hydrogen-bond donors (Lipinski definition) is 5. The minimum atomic E-state index is -4.77. The smallest absolute Gasteiger partial charge is 0.387 e. The fourth-order valence-electron chi connectivity index (χ4n) is 2.10. The lowest BCUT2D eigenvalue weighted by Crippen LogP contribution is -2.37. The third kappa shape index (κ3) is 3.36. The van der Waals surface area contributed by atoms with Crippen LogP contribution in [0.1, 0.15) is 11.7 Å². The Labute approximate surface area is 123 Å². The Morgan fingerprint density at radius 1 is 1.36 bits per heavy atom. The first-order chi connectivity index (χ1) is 10.1. The Morgan fingerprint density at radius 2 is 2.00 bits per heavy atom. The summed E-state index contributed by atoms with van der Waals surface area (Å²) in [5, 5.41) is 19.7. The molecule has 1 fully saturated rings. The number of H-pyrrole nitrogens is 1. The van der Waals surface area contributed by atoms with E-state index in [2.05, 4.69) is 9.51 Å². The molecule has 1 saturated heterocycles. The molecular formula is C10H15N2O9P. The first-order valence-electron chi connectivity index (χ1n) is 6.12. The first kappa shape index (κ1) is 17.0. The number of rotatable bonds is 4. The van der Waals surface area contributed by atoms with Crippen LogP contribution in [0.15, 0.2) is 15.8 Å². The molecule has 22 heavy (non-hydrogen) atoms. The van der Waals surface area contributed by atoms with Crippen molar-refractivity contribution < 1.29 is 33.8 Å². The number of nitrogens with zero attached hydrogens (tertiary/aromatic N) is 1. The van der Waals surface area contributed by atoms with Gasteiger partial charge >= 0.3 is 13.5 Å². The molecule has 1 aliphatic rings. The van der Waals surface area contributed by atoms with Gasteiger partial charge in [-0.3, -0.25) is 13.9 Å². The van der Waals surface area contributed by atoms with Gasteiger partial charge in [-0.1, -0.05) is 0 Å². The number of aromatic nitrogens is 2. The van der Waals surface area contributed by atoms with Crippen molar-refractivity contribution in [1.29, 1.82) is 0 Å². The number of ether oxygens (including phenoxy) is 1. The molecule has 0 spiro atoms. The predicted octanol–water partition coefficient (Wildman–Crippen LogP) is -2.66. The summed E-state index contributed by atoms with van der Waals surface area (Å²) in [5.74, 6) is 0. The SMILES string of the molecule is Cn1c(=O)[nH]cc([C@@H]2OC(COP(=O)(O)O)C(O)[C@H]2O)c1=O. The van der Waals surface area contributed by atoms with Gasteiger partial charge in [0.1, 0.15) is 24.4 Å². The lowest BCUT2D eigenvalue weighted by atomic mass is 10.0. The number of aliphatic hydroxyl groups is 2. The van der Waals surface area contributed by atoms with Gasteiger partial charge in [0.05, 0.1) is 12.2 Å². The third-order valence-corrected chi connectivity index (χ3v) is 3.77. The summed E-state index contributed by atoms with van der Waals surface area (Å²) < 4.78 is 20.9. The van der Waals surface area contributed by atoms with Crippen molar-refractivity contribution in [2.45, 2.75) is 24.4 Å². The van der Waals surface area contributed by atoms with Gasteiger partial charge in [0, 0.05) is 13.2 Å². The summed E-state index contributed by atoms with van der Waals surface area (Å²) in [4.78, 5) is 42.8. The fraction of sp³-hybridized carbons (Fsp3) is 0.600. The number of phosphoric ester groups is 1. The molecule has 0 amide bonds. The molecule has 1 aromatic rings. The van der Waals surface area contributed by atoms with Crippen LogP contribution in [0.4, 0.5) is 0 Å². The van der Waals surface area contributed by atoms with Gasteiger partial charge in [0.2, 0.25) is 0 Å². The van der Waals surface area contributed by atoms with E-state index < -0.39 is 50.1 Å². The first-order valence-corrected chi connectivity index (χ1v) is 7.65. The summed E-state index contributed by atoms with van der Waals surface area (Å²) in [7, 11) is -3.55. The zero-order valence-corrected chi connectivity index (χ0v) is 12.2. The van der Waals surface area contributed by atoms with Gasteiger partial charge < -0.3 is 29.7 Å². The molecule has 1 aromatic heterocycles. The lowest BCUT2D eigenvalue weighted by Gasteiger charge is -2.14. The van der Waals surface area contributed by atoms with Crippen LogP contribution < -0.4 is 11.2 Å². The minimum Gasteiger partial charge on any atom is -0.387 e. The molecule has 0 saturated carbocycles. The molecule has 0 radical (unpaired) electrons. The van der Waals surface area contributed by atoms with Crippen molar-refractivity contribution in [1.82, 2.24) is 9.55 Å². The van der Waals surface area contributed by atoms with Gasteiger partial charge in [-0.25, -0.2) is 9.36 Å². The fourth-order valence-corrected chi connectivity index (χ4v) is 2.44. The second-order valence-electron chi connectivity index (χ2n) is 4.78. The van der Waals surface area contributed by atoms with E-state index in [4.69, 9.17) is 14.5 Å². The normalized spacial score (nSPS) is 29.0. The molecule has 2 heterocycles. The summed E-state index contributed by atoms with van der Waals surface area (Å²) in [6.07, 6.45) is -4.50. The van der Waals surface area contributed by atoms with Crippen molar-refractivity contribution >= 4 is 7.82 Å². The maximum absolute atomic E-state index is 12.0. The van der Waals surface area contributed by atoms with E-state index >= 15 is 0 Å². The van der Waals surface area contributed by atoms with E-state index in [1.807, 2.05) is 0 Å². The molecule has 2 unspecified atom stereocenters. The van der Waals surface area contributed by atoms with E-state index in [1.54, 1.807) is 0 Å². The van der Waals surface area contributed by atoms with Crippen molar-refractivity contribution in [3.63, 3.8) is 0 Å². The molecule has 4 atom stereocenters. The highest BCUT2D eigenvalue weighted by Gasteiger charge is 2.45. The molecule has 0 aliphatic carbocycles. The van der Waals surface area contributed by atoms with E-state index in [-0.39, 0.29) is 5.56 Å². The lowest BCUT2D eigenvalue weighted by molar-refractivity contribution is -0.0229. The van der Waals surface area contributed by atoms with Gasteiger partial charge in [0.25, 0.3) is 5.56 Å². The average Bonchev–Trinajstić information content (AvgIpc) is 2.70. The topological polar surface area (TPSA) is 171 Å². The molecule has 124 valence electrons. The number of nitrogens with one attached hydrogen (secondary N) is 1. The quantitative estimate of drug-likeness (QED) is 0.367. The van der Waals surface area contributed by atoms with Crippen LogP contribution in [-0.2, 0) is 20.9 Å². The zero-order chi connectivity index (χ0) is 16.7. The number of hydrogen-bond acceptors (Lipinski definition) is 7. The van der Waals surface area contributed by atoms with E-state index in [0.717, 1.165) is 10.8 Å². The van der Waals surface area contributed by atoms with Crippen LogP contribution in [0.2, 0.25) is 0 Å². The molecule has 11 nitrogen and oxygen atoms in total. The maximum atomic E-state index is 12.0. The molecule has 5 N–H and O–H groups in total.